The molecule has 0 aliphatic carbocycles. The van der Waals surface area contributed by atoms with Crippen molar-refractivity contribution < 1.29 is 9.59 Å². The van der Waals surface area contributed by atoms with Gasteiger partial charge in [0.25, 0.3) is 0 Å². The highest BCUT2D eigenvalue weighted by Crippen LogP contribution is 2.35. The number of nitrogens with one attached hydrogen (secondary N) is 1. The van der Waals surface area contributed by atoms with Crippen LogP contribution in [-0.4, -0.2) is 32.0 Å². The predicted octanol–water partition coefficient (Wildman–Crippen LogP) is -0.179. The molecule has 1 aromatic carbocycles. The number of carbonyl (C=O) groups is 2. The highest BCUT2D eigenvalue weighted by atomic mass is 16.2. The summed E-state index contributed by atoms with van der Waals surface area (Å²) < 4.78 is 0. The highest BCUT2D eigenvalue weighted by Gasteiger charge is 2.34. The second kappa shape index (κ2) is 4.55. The lowest BCUT2D eigenvalue weighted by molar-refractivity contribution is -0.119. The molecule has 0 bridgehead atoms. The number of nitrogens with two attached hydrogens (primary N) is 1. The van der Waals surface area contributed by atoms with Gasteiger partial charge in [-0.1, -0.05) is 18.2 Å². The van der Waals surface area contributed by atoms with Crippen LogP contribution in [0, 0.1) is 0 Å². The van der Waals surface area contributed by atoms with E-state index in [9.17, 15) is 9.59 Å². The van der Waals surface area contributed by atoms with Crippen molar-refractivity contribution in [1.29, 1.82) is 0 Å². The number of amides is 2. The van der Waals surface area contributed by atoms with Gasteiger partial charge in [-0.15, -0.1) is 0 Å². The quantitative estimate of drug-likeness (QED) is 0.760. The number of benzene rings is 1. The van der Waals surface area contributed by atoms with Gasteiger partial charge >= 0.3 is 0 Å². The van der Waals surface area contributed by atoms with Gasteiger partial charge in [0.05, 0.1) is 12.5 Å². The van der Waals surface area contributed by atoms with Crippen LogP contribution in [-0.2, 0) is 9.59 Å². The monoisotopic (exact) mass is 233 g/mol. The fourth-order valence-corrected chi connectivity index (χ4v) is 2.13. The summed E-state index contributed by atoms with van der Waals surface area (Å²) in [6.07, 6.45) is 0. The molecular formula is C12H15N3O2. The summed E-state index contributed by atoms with van der Waals surface area (Å²) in [6.45, 7) is 0.592. The Morgan fingerprint density at radius 1 is 1.47 bits per heavy atom. The van der Waals surface area contributed by atoms with Crippen molar-refractivity contribution in [2.45, 2.75) is 5.92 Å². The number of anilines is 1. The van der Waals surface area contributed by atoms with Gasteiger partial charge in [0.15, 0.2) is 0 Å². The van der Waals surface area contributed by atoms with E-state index >= 15 is 0 Å². The largest absolute Gasteiger partial charge is 0.369 e. The van der Waals surface area contributed by atoms with E-state index in [2.05, 4.69) is 5.32 Å². The second-order valence-corrected chi connectivity index (χ2v) is 4.05. The lowest BCUT2D eigenvalue weighted by Gasteiger charge is -2.17. The SMILES string of the molecule is CNCC(=O)N1C[C@H](C(N)=O)c2ccccc21. The normalized spacial score (nSPS) is 17.9. The molecule has 2 amide bonds. The van der Waals surface area contributed by atoms with Crippen LogP contribution in [0.3, 0.4) is 0 Å². The van der Waals surface area contributed by atoms with Gasteiger partial charge in [-0.3, -0.25) is 9.59 Å². The van der Waals surface area contributed by atoms with Crippen LogP contribution in [0.25, 0.3) is 0 Å². The molecule has 0 spiro atoms. The summed E-state index contributed by atoms with van der Waals surface area (Å²) in [5, 5.41) is 2.81. The van der Waals surface area contributed by atoms with Crippen LogP contribution in [0.5, 0.6) is 0 Å². The third-order valence-electron chi connectivity index (χ3n) is 2.94. The van der Waals surface area contributed by atoms with Crippen molar-refractivity contribution in [3.63, 3.8) is 0 Å². The summed E-state index contributed by atoms with van der Waals surface area (Å²) >= 11 is 0. The molecule has 2 rings (SSSR count). The number of carbonyl (C=O) groups excluding carboxylic acids is 2. The number of likely N-dealkylation sites (N-methyl/N-ethyl adjacent to an activating group) is 1. The number of hydrogen-bond donors (Lipinski definition) is 2. The summed E-state index contributed by atoms with van der Waals surface area (Å²) in [5.74, 6) is -0.840. The fourth-order valence-electron chi connectivity index (χ4n) is 2.13. The van der Waals surface area contributed by atoms with Crippen LogP contribution in [0.4, 0.5) is 5.69 Å². The minimum atomic E-state index is -0.396. The minimum absolute atomic E-state index is 0.0521. The molecule has 1 aliphatic heterocycles. The molecule has 90 valence electrons. The number of fused-ring (bicyclic) bond motifs is 1. The van der Waals surface area contributed by atoms with Crippen LogP contribution in [0.15, 0.2) is 24.3 Å². The molecule has 1 aliphatic rings. The van der Waals surface area contributed by atoms with E-state index in [4.69, 9.17) is 5.73 Å². The third kappa shape index (κ3) is 2.01. The molecule has 0 unspecified atom stereocenters. The molecule has 0 fully saturated rings. The summed E-state index contributed by atoms with van der Waals surface area (Å²) in [6, 6.07) is 7.38. The van der Waals surface area contributed by atoms with Crippen LogP contribution >= 0.6 is 0 Å². The minimum Gasteiger partial charge on any atom is -0.369 e. The first kappa shape index (κ1) is 11.6. The molecule has 1 aromatic rings. The van der Waals surface area contributed by atoms with Gasteiger partial charge in [0.2, 0.25) is 11.8 Å². The number of nitrogens with zero attached hydrogens (tertiary/aromatic N) is 1. The molecule has 0 radical (unpaired) electrons. The Kier molecular flexibility index (Phi) is 3.10. The predicted molar refractivity (Wildman–Crippen MR) is 64.7 cm³/mol. The lowest BCUT2D eigenvalue weighted by Crippen LogP contribution is -2.37. The molecule has 1 atom stereocenters. The Morgan fingerprint density at radius 2 is 2.18 bits per heavy atom. The molecule has 1 heterocycles. The maximum absolute atomic E-state index is 11.9. The standard InChI is InChI=1S/C12H15N3O2/c1-14-6-11(16)15-7-9(12(13)17)8-4-2-3-5-10(8)15/h2-5,9,14H,6-7H2,1H3,(H2,13,17)/t9-/m0/s1. The smallest absolute Gasteiger partial charge is 0.240 e. The van der Waals surface area contributed by atoms with Crippen LogP contribution in [0.1, 0.15) is 11.5 Å². The van der Waals surface area contributed by atoms with Gasteiger partial charge < -0.3 is 16.0 Å². The first-order valence-electron chi connectivity index (χ1n) is 5.48. The van der Waals surface area contributed by atoms with Crippen molar-refractivity contribution in [3.8, 4) is 0 Å². The number of rotatable bonds is 3. The zero-order valence-corrected chi connectivity index (χ0v) is 9.64. The van der Waals surface area contributed by atoms with Crippen LogP contribution < -0.4 is 16.0 Å². The average molecular weight is 233 g/mol. The average Bonchev–Trinajstić information content (AvgIpc) is 2.69. The molecular weight excluding hydrogens is 218 g/mol. The topological polar surface area (TPSA) is 75.4 Å². The maximum Gasteiger partial charge on any atom is 0.240 e. The van der Waals surface area contributed by atoms with Gasteiger partial charge in [-0.2, -0.15) is 0 Å². The van der Waals surface area contributed by atoms with Crippen LogP contribution in [0.2, 0.25) is 0 Å². The van der Waals surface area contributed by atoms with E-state index in [1.807, 2.05) is 24.3 Å². The Labute approximate surface area is 99.6 Å². The van der Waals surface area contributed by atoms with E-state index in [1.165, 1.54) is 0 Å². The highest BCUT2D eigenvalue weighted by molar-refractivity contribution is 6.00. The van der Waals surface area contributed by atoms with E-state index < -0.39 is 11.8 Å². The molecule has 17 heavy (non-hydrogen) atoms. The molecule has 5 nitrogen and oxygen atoms in total. The molecule has 0 aromatic heterocycles. The molecule has 5 heteroatoms. The van der Waals surface area contributed by atoms with E-state index in [0.717, 1.165) is 11.3 Å². The molecule has 0 saturated carbocycles. The number of primary amides is 1. The van der Waals surface area contributed by atoms with Gasteiger partial charge in [0, 0.05) is 12.2 Å². The van der Waals surface area contributed by atoms with Gasteiger partial charge in [-0.05, 0) is 18.7 Å². The zero-order valence-electron chi connectivity index (χ0n) is 9.64. The van der Waals surface area contributed by atoms with Crippen molar-refractivity contribution >= 4 is 17.5 Å². The van der Waals surface area contributed by atoms with Crippen molar-refractivity contribution in [3.05, 3.63) is 29.8 Å². The Balaban J connectivity index is 2.34. The first-order chi connectivity index (χ1) is 8.15. The van der Waals surface area contributed by atoms with Gasteiger partial charge in [0.1, 0.15) is 0 Å². The van der Waals surface area contributed by atoms with Crippen molar-refractivity contribution in [2.75, 3.05) is 25.0 Å². The molecule has 0 saturated heterocycles. The summed E-state index contributed by atoms with van der Waals surface area (Å²) in [5.41, 5.74) is 6.98. The second-order valence-electron chi connectivity index (χ2n) is 4.05. The van der Waals surface area contributed by atoms with E-state index in [-0.39, 0.29) is 12.5 Å². The molecule has 3 N–H and O–H groups in total. The Morgan fingerprint density at radius 3 is 2.82 bits per heavy atom. The number of para-hydroxylation sites is 1. The lowest BCUT2D eigenvalue weighted by atomic mass is 10.0. The van der Waals surface area contributed by atoms with Gasteiger partial charge in [-0.25, -0.2) is 0 Å². The summed E-state index contributed by atoms with van der Waals surface area (Å²) in [4.78, 5) is 24.9. The van der Waals surface area contributed by atoms with Crippen molar-refractivity contribution in [1.82, 2.24) is 5.32 Å². The fraction of sp³-hybridized carbons (Fsp3) is 0.333. The van der Waals surface area contributed by atoms with Crippen molar-refractivity contribution in [2.24, 2.45) is 5.73 Å². The first-order valence-corrected chi connectivity index (χ1v) is 5.48. The Bertz CT molecular complexity index is 459. The summed E-state index contributed by atoms with van der Waals surface area (Å²) in [7, 11) is 1.71. The van der Waals surface area contributed by atoms with E-state index in [0.29, 0.717) is 6.54 Å². The maximum atomic E-state index is 11.9. The van der Waals surface area contributed by atoms with E-state index in [1.54, 1.807) is 11.9 Å². The third-order valence-corrected chi connectivity index (χ3v) is 2.94. The Hall–Kier alpha value is -1.88. The zero-order chi connectivity index (χ0) is 12.4. The number of hydrogen-bond acceptors (Lipinski definition) is 3.